The molecule has 0 bridgehead atoms. The molecule has 2 aromatic carbocycles. The van der Waals surface area contributed by atoms with Crippen LogP contribution in [0.3, 0.4) is 0 Å². The van der Waals surface area contributed by atoms with Crippen molar-refractivity contribution in [2.45, 2.75) is 19.4 Å². The van der Waals surface area contributed by atoms with Crippen LogP contribution in [0.5, 0.6) is 11.8 Å². The molecule has 4 aromatic rings. The molecule has 0 saturated carbocycles. The van der Waals surface area contributed by atoms with Crippen LogP contribution in [-0.2, 0) is 0 Å². The molecule has 3 heterocycles. The number of benzene rings is 2. The quantitative estimate of drug-likeness (QED) is 0.465. The summed E-state index contributed by atoms with van der Waals surface area (Å²) in [7, 11) is 1.40. The molecular formula is C25H17FN4O4. The third-order valence-corrected chi connectivity index (χ3v) is 6.03. The zero-order valence-electron chi connectivity index (χ0n) is 18.2. The van der Waals surface area contributed by atoms with Crippen molar-refractivity contribution >= 4 is 27.5 Å². The van der Waals surface area contributed by atoms with Gasteiger partial charge in [0.1, 0.15) is 28.8 Å². The monoisotopic (exact) mass is 456 g/mol. The maximum atomic E-state index is 14.5. The van der Waals surface area contributed by atoms with Crippen LogP contribution in [0.25, 0.3) is 33.0 Å². The lowest BCUT2D eigenvalue weighted by atomic mass is 9.95. The number of halogens is 1. The highest BCUT2D eigenvalue weighted by Crippen LogP contribution is 2.39. The van der Waals surface area contributed by atoms with Crippen molar-refractivity contribution in [3.63, 3.8) is 0 Å². The third kappa shape index (κ3) is 3.02. The Labute approximate surface area is 192 Å². The van der Waals surface area contributed by atoms with Gasteiger partial charge in [-0.1, -0.05) is 12.0 Å². The van der Waals surface area contributed by atoms with Gasteiger partial charge in [-0.3, -0.25) is 0 Å². The highest BCUT2D eigenvalue weighted by atomic mass is 19.1. The summed E-state index contributed by atoms with van der Waals surface area (Å²) in [5.74, 6) is 1.94. The smallest absolute Gasteiger partial charge is 0.349 e. The number of anilines is 1. The molecule has 1 atom stereocenters. The number of fused-ring (bicyclic) bond motifs is 2. The number of nitrogens with zero attached hydrogens (tertiary/aromatic N) is 4. The Morgan fingerprint density at radius 1 is 1.32 bits per heavy atom. The number of aromatic nitrogens is 2. The zero-order valence-corrected chi connectivity index (χ0v) is 18.2. The number of terminal acetylenes is 1. The fraction of sp³-hybridized carbons (Fsp3) is 0.200. The molecule has 1 unspecified atom stereocenters. The molecule has 1 saturated heterocycles. The molecule has 5 rings (SSSR count). The summed E-state index contributed by atoms with van der Waals surface area (Å²) >= 11 is 0. The van der Waals surface area contributed by atoms with Gasteiger partial charge < -0.3 is 19.2 Å². The van der Waals surface area contributed by atoms with Crippen molar-refractivity contribution in [3.8, 4) is 41.5 Å². The number of methoxy groups -OCH3 is 1. The first kappa shape index (κ1) is 21.2. The van der Waals surface area contributed by atoms with E-state index in [1.807, 2.05) is 0 Å². The van der Waals surface area contributed by atoms with Crippen LogP contribution in [0.15, 0.2) is 33.5 Å². The number of phenols is 1. The molecule has 168 valence electrons. The first-order chi connectivity index (χ1) is 16.4. The van der Waals surface area contributed by atoms with Gasteiger partial charge in [-0.25, -0.2) is 9.18 Å². The minimum atomic E-state index is -0.744. The normalized spacial score (nSPS) is 15.1. The highest BCUT2D eigenvalue weighted by molar-refractivity contribution is 6.03. The minimum Gasteiger partial charge on any atom is -0.508 e. The van der Waals surface area contributed by atoms with Gasteiger partial charge >= 0.3 is 11.6 Å². The fourth-order valence-electron chi connectivity index (χ4n) is 4.29. The van der Waals surface area contributed by atoms with E-state index in [0.29, 0.717) is 29.3 Å². The largest absolute Gasteiger partial charge is 0.508 e. The molecule has 8 nitrogen and oxygen atoms in total. The van der Waals surface area contributed by atoms with E-state index in [9.17, 15) is 19.6 Å². The lowest BCUT2D eigenvalue weighted by molar-refractivity contribution is 0.380. The Bertz CT molecular complexity index is 1650. The first-order valence-corrected chi connectivity index (χ1v) is 10.4. The molecule has 0 amide bonds. The molecule has 0 radical (unpaired) electrons. The van der Waals surface area contributed by atoms with Gasteiger partial charge in [0.05, 0.1) is 24.3 Å². The Morgan fingerprint density at radius 2 is 2.12 bits per heavy atom. The molecule has 1 aliphatic heterocycles. The summed E-state index contributed by atoms with van der Waals surface area (Å²) in [6.07, 6.45) is 6.23. The number of phenolic OH excluding ortho intramolecular Hbond substituents is 1. The van der Waals surface area contributed by atoms with Crippen LogP contribution in [0.4, 0.5) is 10.2 Å². The fourth-order valence-corrected chi connectivity index (χ4v) is 4.29. The van der Waals surface area contributed by atoms with Crippen molar-refractivity contribution in [2.75, 3.05) is 18.6 Å². The Morgan fingerprint density at radius 3 is 2.76 bits per heavy atom. The van der Waals surface area contributed by atoms with Gasteiger partial charge in [0, 0.05) is 23.1 Å². The second kappa shape index (κ2) is 7.75. The van der Waals surface area contributed by atoms with Crippen LogP contribution in [0.2, 0.25) is 0 Å². The molecule has 2 aromatic heterocycles. The number of aryl methyl sites for hydroxylation is 1. The second-order valence-corrected chi connectivity index (χ2v) is 7.89. The minimum absolute atomic E-state index is 0.0156. The molecular weight excluding hydrogens is 439 g/mol. The van der Waals surface area contributed by atoms with Crippen molar-refractivity contribution in [2.24, 2.45) is 0 Å². The standard InChI is InChI=1S/C25H17FN4O4/c1-4-16-18(26)6-5-13-9-15(31)10-17(19(13)16)22-12(2)21-20(24(32)34-22)23(29-25(28-21)33-3)30-8-7-14(30)11-27/h1,5-6,9-10,14,31H,7-8H2,2-3H3. The van der Waals surface area contributed by atoms with Crippen molar-refractivity contribution in [1.82, 2.24) is 9.97 Å². The number of rotatable bonds is 3. The van der Waals surface area contributed by atoms with E-state index in [1.54, 1.807) is 11.8 Å². The molecule has 0 aliphatic carbocycles. The summed E-state index contributed by atoms with van der Waals surface area (Å²) < 4.78 is 25.5. The van der Waals surface area contributed by atoms with Crippen molar-refractivity contribution in [1.29, 1.82) is 5.26 Å². The molecule has 1 N–H and O–H groups in total. The predicted molar refractivity (Wildman–Crippen MR) is 123 cm³/mol. The maximum Gasteiger partial charge on any atom is 0.349 e. The van der Waals surface area contributed by atoms with Crippen LogP contribution in [0.1, 0.15) is 17.5 Å². The second-order valence-electron chi connectivity index (χ2n) is 7.89. The third-order valence-electron chi connectivity index (χ3n) is 6.03. The van der Waals surface area contributed by atoms with Crippen LogP contribution in [0, 0.1) is 36.4 Å². The van der Waals surface area contributed by atoms with Crippen LogP contribution >= 0.6 is 0 Å². The number of ether oxygens (including phenoxy) is 1. The van der Waals surface area contributed by atoms with Crippen LogP contribution < -0.4 is 15.3 Å². The first-order valence-electron chi connectivity index (χ1n) is 10.4. The van der Waals surface area contributed by atoms with Gasteiger partial charge in [0.15, 0.2) is 5.82 Å². The molecule has 1 fully saturated rings. The summed E-state index contributed by atoms with van der Waals surface area (Å²) in [4.78, 5) is 23.6. The topological polar surface area (TPSA) is 112 Å². The molecule has 34 heavy (non-hydrogen) atoms. The summed E-state index contributed by atoms with van der Waals surface area (Å²) in [5, 5.41) is 20.6. The number of nitriles is 1. The predicted octanol–water partition coefficient (Wildman–Crippen LogP) is 3.65. The van der Waals surface area contributed by atoms with E-state index < -0.39 is 17.5 Å². The molecule has 1 aliphatic rings. The van der Waals surface area contributed by atoms with Gasteiger partial charge in [-0.05, 0) is 36.9 Å². The number of hydrogen-bond acceptors (Lipinski definition) is 8. The van der Waals surface area contributed by atoms with Crippen molar-refractivity contribution in [3.05, 3.63) is 51.6 Å². The zero-order chi connectivity index (χ0) is 24.1. The molecule has 9 heteroatoms. The molecule has 0 spiro atoms. The van der Waals surface area contributed by atoms with Crippen molar-refractivity contribution < 1.29 is 18.7 Å². The lowest BCUT2D eigenvalue weighted by Gasteiger charge is -2.37. The lowest BCUT2D eigenvalue weighted by Crippen LogP contribution is -2.47. The van der Waals surface area contributed by atoms with Gasteiger partial charge in [-0.2, -0.15) is 15.2 Å². The van der Waals surface area contributed by atoms with E-state index >= 15 is 0 Å². The maximum absolute atomic E-state index is 14.5. The van der Waals surface area contributed by atoms with Gasteiger partial charge in [-0.15, -0.1) is 6.42 Å². The Hall–Kier alpha value is -4.63. The average Bonchev–Trinajstić information content (AvgIpc) is 2.80. The Balaban J connectivity index is 1.88. The summed E-state index contributed by atoms with van der Waals surface area (Å²) in [6, 6.07) is 7.27. The van der Waals surface area contributed by atoms with E-state index in [0.717, 1.165) is 0 Å². The van der Waals surface area contributed by atoms with E-state index in [2.05, 4.69) is 22.0 Å². The SMILES string of the molecule is C#Cc1c(F)ccc2cc(O)cc(-c3oc(=O)c4c(N5CCC5C#N)nc(OC)nc4c3C)c12. The highest BCUT2D eigenvalue weighted by Gasteiger charge is 2.33. The van der Waals surface area contributed by atoms with Gasteiger partial charge in [0.2, 0.25) is 0 Å². The number of hydrogen-bond donors (Lipinski definition) is 1. The number of aromatic hydroxyl groups is 1. The van der Waals surface area contributed by atoms with Crippen LogP contribution in [-0.4, -0.2) is 34.8 Å². The average molecular weight is 456 g/mol. The van der Waals surface area contributed by atoms with E-state index in [-0.39, 0.29) is 45.4 Å². The van der Waals surface area contributed by atoms with E-state index in [4.69, 9.17) is 15.6 Å². The van der Waals surface area contributed by atoms with E-state index in [1.165, 1.54) is 31.4 Å². The Kier molecular flexibility index (Phi) is 4.84. The summed E-state index contributed by atoms with van der Waals surface area (Å²) in [6.45, 7) is 2.22. The van der Waals surface area contributed by atoms with Gasteiger partial charge in [0.25, 0.3) is 0 Å². The summed E-state index contributed by atoms with van der Waals surface area (Å²) in [5.41, 5.74) is 0.175.